The summed E-state index contributed by atoms with van der Waals surface area (Å²) < 4.78 is 51.6. The Morgan fingerprint density at radius 2 is 1.73 bits per heavy atom. The molecule has 0 aliphatic carbocycles. The van der Waals surface area contributed by atoms with Gasteiger partial charge in [-0.3, -0.25) is 14.9 Å². The highest BCUT2D eigenvalue weighted by molar-refractivity contribution is 8.14. The number of halogens is 3. The third-order valence-corrected chi connectivity index (χ3v) is 5.56. The van der Waals surface area contributed by atoms with Crippen LogP contribution in [0.4, 0.5) is 8.78 Å². The fourth-order valence-corrected chi connectivity index (χ4v) is 3.88. The summed E-state index contributed by atoms with van der Waals surface area (Å²) in [6.07, 6.45) is 3.56. The molecule has 0 aliphatic rings. The van der Waals surface area contributed by atoms with Gasteiger partial charge in [-0.05, 0) is 30.3 Å². The van der Waals surface area contributed by atoms with Gasteiger partial charge in [0, 0.05) is 40.2 Å². The van der Waals surface area contributed by atoms with Crippen LogP contribution in [-0.2, 0) is 9.05 Å². The van der Waals surface area contributed by atoms with Crippen LogP contribution >= 0.6 is 10.7 Å². The Morgan fingerprint density at radius 3 is 2.40 bits per heavy atom. The molecule has 1 amide bonds. The predicted molar refractivity (Wildman–Crippen MR) is 106 cm³/mol. The Labute approximate surface area is 173 Å². The first-order valence-corrected chi connectivity index (χ1v) is 10.7. The zero-order chi connectivity index (χ0) is 21.5. The Hall–Kier alpha value is -3.37. The summed E-state index contributed by atoms with van der Waals surface area (Å²) >= 11 is 0. The van der Waals surface area contributed by atoms with E-state index in [1.807, 2.05) is 0 Å². The minimum Gasteiger partial charge on any atom is -0.267 e. The number of carbonyl (C=O) groups is 1. The summed E-state index contributed by atoms with van der Waals surface area (Å²) in [6.45, 7) is 0. The molecular formula is C19H11ClF2N4O3S. The van der Waals surface area contributed by atoms with E-state index in [4.69, 9.17) is 10.7 Å². The number of fused-ring (bicyclic) bond motifs is 1. The minimum absolute atomic E-state index is 0.0167. The number of carbonyl (C=O) groups excluding carboxylic acids is 1. The zero-order valence-corrected chi connectivity index (χ0v) is 16.5. The normalized spacial score (nSPS) is 11.6. The second-order valence-electron chi connectivity index (χ2n) is 6.21. The van der Waals surface area contributed by atoms with E-state index in [0.29, 0.717) is 5.56 Å². The van der Waals surface area contributed by atoms with E-state index in [-0.39, 0.29) is 27.2 Å². The molecule has 4 rings (SSSR count). The second-order valence-corrected chi connectivity index (χ2v) is 8.74. The molecule has 0 aliphatic heterocycles. The molecule has 0 bridgehead atoms. The first-order valence-electron chi connectivity index (χ1n) is 8.37. The van der Waals surface area contributed by atoms with E-state index in [2.05, 4.69) is 15.4 Å². The maximum absolute atomic E-state index is 13.6. The smallest absolute Gasteiger partial charge is 0.267 e. The number of aromatic nitrogens is 3. The number of nitrogens with one attached hydrogen (secondary N) is 1. The van der Waals surface area contributed by atoms with Crippen molar-refractivity contribution < 1.29 is 22.0 Å². The highest BCUT2D eigenvalue weighted by Crippen LogP contribution is 2.28. The summed E-state index contributed by atoms with van der Waals surface area (Å²) in [5.74, 6) is -1.53. The maximum Gasteiger partial charge on any atom is 0.273 e. The summed E-state index contributed by atoms with van der Waals surface area (Å²) in [4.78, 5) is 20.3. The molecule has 2 heterocycles. The summed E-state index contributed by atoms with van der Waals surface area (Å²) in [5.41, 5.74) is 3.20. The van der Waals surface area contributed by atoms with Crippen molar-refractivity contribution in [2.24, 2.45) is 0 Å². The number of hydrogen-bond acceptors (Lipinski definition) is 5. The van der Waals surface area contributed by atoms with Crippen molar-refractivity contribution in [3.05, 3.63) is 78.3 Å². The molecule has 2 aromatic carbocycles. The number of benzene rings is 2. The van der Waals surface area contributed by atoms with Crippen molar-refractivity contribution in [2.45, 2.75) is 4.90 Å². The van der Waals surface area contributed by atoms with Crippen molar-refractivity contribution in [2.75, 3.05) is 5.43 Å². The van der Waals surface area contributed by atoms with Gasteiger partial charge >= 0.3 is 0 Å². The molecule has 0 radical (unpaired) electrons. The molecule has 11 heteroatoms. The van der Waals surface area contributed by atoms with E-state index >= 15 is 0 Å². The Bertz CT molecular complexity index is 1390. The summed E-state index contributed by atoms with van der Waals surface area (Å²) in [5, 5.41) is 0.0167. The Morgan fingerprint density at radius 1 is 1.03 bits per heavy atom. The van der Waals surface area contributed by atoms with Crippen LogP contribution in [0.15, 0.2) is 66.0 Å². The van der Waals surface area contributed by atoms with E-state index in [1.165, 1.54) is 36.7 Å². The van der Waals surface area contributed by atoms with E-state index in [9.17, 15) is 22.0 Å². The number of amides is 1. The van der Waals surface area contributed by atoms with Crippen molar-refractivity contribution in [1.29, 1.82) is 0 Å². The molecule has 30 heavy (non-hydrogen) atoms. The van der Waals surface area contributed by atoms with Crippen molar-refractivity contribution in [3.8, 4) is 11.4 Å². The zero-order valence-electron chi connectivity index (χ0n) is 14.9. The highest BCUT2D eigenvalue weighted by Gasteiger charge is 2.21. The molecule has 0 unspecified atom stereocenters. The van der Waals surface area contributed by atoms with Crippen molar-refractivity contribution >= 4 is 36.5 Å². The molecule has 0 spiro atoms. The third-order valence-electron chi connectivity index (χ3n) is 4.21. The van der Waals surface area contributed by atoms with Gasteiger partial charge in [0.05, 0.1) is 11.1 Å². The minimum atomic E-state index is -4.19. The van der Waals surface area contributed by atoms with Gasteiger partial charge < -0.3 is 0 Å². The van der Waals surface area contributed by atoms with Gasteiger partial charge in [-0.2, -0.15) is 0 Å². The predicted octanol–water partition coefficient (Wildman–Crippen LogP) is 3.69. The van der Waals surface area contributed by atoms with E-state index in [1.54, 1.807) is 6.07 Å². The Kier molecular flexibility index (Phi) is 4.96. The molecule has 0 saturated carbocycles. The fraction of sp³-hybridized carbons (Fsp3) is 0. The quantitative estimate of drug-likeness (QED) is 0.480. The molecule has 0 saturated heterocycles. The monoisotopic (exact) mass is 448 g/mol. The molecular weight excluding hydrogens is 438 g/mol. The van der Waals surface area contributed by atoms with E-state index < -0.39 is 26.6 Å². The van der Waals surface area contributed by atoms with Crippen LogP contribution in [0.5, 0.6) is 0 Å². The highest BCUT2D eigenvalue weighted by atomic mass is 35.7. The molecule has 1 N–H and O–H groups in total. The number of rotatable bonds is 4. The van der Waals surface area contributed by atoms with Gasteiger partial charge in [-0.25, -0.2) is 27.2 Å². The van der Waals surface area contributed by atoms with Crippen LogP contribution in [-0.4, -0.2) is 29.0 Å². The van der Waals surface area contributed by atoms with Gasteiger partial charge in [0.15, 0.2) is 5.82 Å². The second kappa shape index (κ2) is 7.47. The lowest BCUT2D eigenvalue weighted by Gasteiger charge is -2.08. The third kappa shape index (κ3) is 3.87. The number of hydrogen-bond donors (Lipinski definition) is 1. The summed E-state index contributed by atoms with van der Waals surface area (Å²) in [6, 6.07) is 9.10. The van der Waals surface area contributed by atoms with Crippen LogP contribution in [0.25, 0.3) is 22.3 Å². The standard InChI is InChI=1S/C19H11ClF2N4O3S/c20-30(28,29)17-10-26(16-5-4-14(22)7-15(16)17)25-19(27)12-8-23-18(24-9-12)11-2-1-3-13(21)6-11/h1-10H,(H,25,27). The largest absolute Gasteiger partial charge is 0.273 e. The first-order chi connectivity index (χ1) is 14.2. The molecule has 0 fully saturated rings. The average molecular weight is 449 g/mol. The Balaban J connectivity index is 1.65. The maximum atomic E-state index is 13.6. The molecule has 4 aromatic rings. The molecule has 0 atom stereocenters. The van der Waals surface area contributed by atoms with Crippen LogP contribution < -0.4 is 5.43 Å². The van der Waals surface area contributed by atoms with Gasteiger partial charge in [-0.1, -0.05) is 12.1 Å². The van der Waals surface area contributed by atoms with Crippen molar-refractivity contribution in [3.63, 3.8) is 0 Å². The fourth-order valence-electron chi connectivity index (χ4n) is 2.85. The number of nitrogens with zero attached hydrogens (tertiary/aromatic N) is 3. The molecule has 152 valence electrons. The van der Waals surface area contributed by atoms with Gasteiger partial charge in [0.25, 0.3) is 15.0 Å². The SMILES string of the molecule is O=C(Nn1cc(S(=O)(=O)Cl)c2cc(F)ccc21)c1cnc(-c2cccc(F)c2)nc1. The van der Waals surface area contributed by atoms with Crippen LogP contribution in [0.2, 0.25) is 0 Å². The van der Waals surface area contributed by atoms with Gasteiger partial charge in [0.2, 0.25) is 0 Å². The molecule has 7 nitrogen and oxygen atoms in total. The van der Waals surface area contributed by atoms with Crippen molar-refractivity contribution in [1.82, 2.24) is 14.6 Å². The topological polar surface area (TPSA) is 94.0 Å². The van der Waals surface area contributed by atoms with Gasteiger partial charge in [0.1, 0.15) is 16.5 Å². The lowest BCUT2D eigenvalue weighted by molar-refractivity contribution is 0.101. The molecule has 2 aromatic heterocycles. The summed E-state index contributed by atoms with van der Waals surface area (Å²) in [7, 11) is 1.23. The van der Waals surface area contributed by atoms with Crippen LogP contribution in [0, 0.1) is 11.6 Å². The lowest BCUT2D eigenvalue weighted by atomic mass is 10.2. The van der Waals surface area contributed by atoms with Crippen LogP contribution in [0.1, 0.15) is 10.4 Å². The first kappa shape index (κ1) is 19.9. The van der Waals surface area contributed by atoms with Crippen LogP contribution in [0.3, 0.4) is 0 Å². The average Bonchev–Trinajstić information content (AvgIpc) is 3.06. The van der Waals surface area contributed by atoms with Gasteiger partial charge in [-0.15, -0.1) is 0 Å². The van der Waals surface area contributed by atoms with E-state index in [0.717, 1.165) is 23.0 Å². The lowest BCUT2D eigenvalue weighted by Crippen LogP contribution is -2.22.